The molecule has 0 N–H and O–H groups in total. The van der Waals surface area contributed by atoms with Gasteiger partial charge in [-0.1, -0.05) is 23.5 Å². The Morgan fingerprint density at radius 2 is 1.90 bits per heavy atom. The number of hydrogen-bond donors (Lipinski definition) is 0. The van der Waals surface area contributed by atoms with Crippen molar-refractivity contribution in [2.45, 2.75) is 13.8 Å². The van der Waals surface area contributed by atoms with Crippen LogP contribution in [0.3, 0.4) is 0 Å². The van der Waals surface area contributed by atoms with Crippen molar-refractivity contribution >= 4 is 27.9 Å². The number of anilines is 2. The molecule has 0 radical (unpaired) electrons. The Morgan fingerprint density at radius 1 is 1.19 bits per heavy atom. The van der Waals surface area contributed by atoms with Crippen molar-refractivity contribution in [3.05, 3.63) is 40.9 Å². The average molecular weight is 301 g/mol. The summed E-state index contributed by atoms with van der Waals surface area (Å²) in [6.07, 6.45) is 1.69. The van der Waals surface area contributed by atoms with E-state index in [2.05, 4.69) is 46.0 Å². The molecule has 0 saturated carbocycles. The summed E-state index contributed by atoms with van der Waals surface area (Å²) in [4.78, 5) is 21.1. The van der Waals surface area contributed by atoms with Crippen LogP contribution in [0.1, 0.15) is 22.2 Å². The third-order valence-electron chi connectivity index (χ3n) is 3.76. The molecular weight excluding hydrogens is 282 g/mol. The van der Waals surface area contributed by atoms with E-state index in [0.29, 0.717) is 0 Å². The van der Waals surface area contributed by atoms with Crippen LogP contribution in [0.25, 0.3) is 0 Å². The summed E-state index contributed by atoms with van der Waals surface area (Å²) in [6.45, 7) is 7.57. The van der Waals surface area contributed by atoms with E-state index >= 15 is 0 Å². The largest absolute Gasteiger partial charge is 0.368 e. The van der Waals surface area contributed by atoms with Crippen LogP contribution in [-0.2, 0) is 0 Å². The quantitative estimate of drug-likeness (QED) is 0.817. The lowest BCUT2D eigenvalue weighted by Gasteiger charge is -2.36. The number of piperazine rings is 1. The van der Waals surface area contributed by atoms with E-state index in [1.54, 1.807) is 13.1 Å². The van der Waals surface area contributed by atoms with Gasteiger partial charge in [0.15, 0.2) is 10.9 Å². The van der Waals surface area contributed by atoms with Crippen LogP contribution >= 0.6 is 11.3 Å². The van der Waals surface area contributed by atoms with Gasteiger partial charge in [0.2, 0.25) is 0 Å². The monoisotopic (exact) mass is 301 g/mol. The normalized spacial score (nSPS) is 15.3. The molecule has 1 aliphatic heterocycles. The second-order valence-corrected chi connectivity index (χ2v) is 6.39. The molecular formula is C16H19N3OS. The fraction of sp³-hybridized carbons (Fsp3) is 0.375. The Balaban J connectivity index is 1.66. The zero-order valence-electron chi connectivity index (χ0n) is 12.4. The minimum atomic E-state index is 0.0946. The second kappa shape index (κ2) is 5.85. The molecule has 2 heterocycles. The van der Waals surface area contributed by atoms with Gasteiger partial charge in [0.05, 0.1) is 11.1 Å². The molecule has 0 atom stereocenters. The summed E-state index contributed by atoms with van der Waals surface area (Å²) in [6, 6.07) is 8.63. The molecule has 4 nitrogen and oxygen atoms in total. The molecule has 1 aromatic heterocycles. The molecule has 1 saturated heterocycles. The molecule has 5 heteroatoms. The molecule has 1 aliphatic rings. The van der Waals surface area contributed by atoms with Crippen LogP contribution in [0.4, 0.5) is 10.8 Å². The third kappa shape index (κ3) is 3.08. The minimum absolute atomic E-state index is 0.0946. The second-order valence-electron chi connectivity index (χ2n) is 5.38. The van der Waals surface area contributed by atoms with Gasteiger partial charge in [-0.15, -0.1) is 0 Å². The zero-order chi connectivity index (χ0) is 14.8. The number of benzene rings is 1. The number of hydrogen-bond acceptors (Lipinski definition) is 5. The number of carbonyl (C=O) groups is 1. The highest BCUT2D eigenvalue weighted by molar-refractivity contribution is 7.17. The van der Waals surface area contributed by atoms with Crippen molar-refractivity contribution in [2.75, 3.05) is 36.0 Å². The molecule has 21 heavy (non-hydrogen) atoms. The smallest absolute Gasteiger partial charge is 0.186 e. The van der Waals surface area contributed by atoms with E-state index in [1.807, 2.05) is 0 Å². The fourth-order valence-corrected chi connectivity index (χ4v) is 3.42. The molecule has 0 bridgehead atoms. The number of nitrogens with zero attached hydrogens (tertiary/aromatic N) is 3. The lowest BCUT2D eigenvalue weighted by molar-refractivity contribution is 0.102. The predicted octanol–water partition coefficient (Wildman–Crippen LogP) is 2.98. The number of aromatic nitrogens is 1. The van der Waals surface area contributed by atoms with E-state index in [4.69, 9.17) is 0 Å². The van der Waals surface area contributed by atoms with Gasteiger partial charge in [0.1, 0.15) is 0 Å². The van der Waals surface area contributed by atoms with Gasteiger partial charge in [-0.25, -0.2) is 4.98 Å². The highest BCUT2D eigenvalue weighted by Gasteiger charge is 2.20. The molecule has 1 fully saturated rings. The van der Waals surface area contributed by atoms with Gasteiger partial charge in [0.25, 0.3) is 0 Å². The molecule has 0 unspecified atom stereocenters. The van der Waals surface area contributed by atoms with Gasteiger partial charge in [-0.3, -0.25) is 4.79 Å². The summed E-state index contributed by atoms with van der Waals surface area (Å²) in [7, 11) is 0. The summed E-state index contributed by atoms with van der Waals surface area (Å²) >= 11 is 1.49. The zero-order valence-corrected chi connectivity index (χ0v) is 13.2. The average Bonchev–Trinajstić information content (AvgIpc) is 2.97. The molecule has 0 aliphatic carbocycles. The van der Waals surface area contributed by atoms with E-state index < -0.39 is 0 Å². The Morgan fingerprint density at radius 3 is 2.52 bits per heavy atom. The topological polar surface area (TPSA) is 36.4 Å². The Labute approximate surface area is 129 Å². The summed E-state index contributed by atoms with van der Waals surface area (Å²) in [5.41, 5.74) is 2.58. The summed E-state index contributed by atoms with van der Waals surface area (Å²) < 4.78 is 0. The van der Waals surface area contributed by atoms with Crippen LogP contribution in [0.15, 0.2) is 30.5 Å². The van der Waals surface area contributed by atoms with Crippen molar-refractivity contribution in [1.82, 2.24) is 4.98 Å². The number of Topliss-reactive ketones (excluding diaryl/α,β-unsaturated/α-hetero) is 1. The molecule has 110 valence electrons. The molecule has 2 aromatic rings. The van der Waals surface area contributed by atoms with Crippen LogP contribution in [0.2, 0.25) is 0 Å². The van der Waals surface area contributed by atoms with Crippen molar-refractivity contribution in [3.8, 4) is 0 Å². The van der Waals surface area contributed by atoms with Crippen LogP contribution < -0.4 is 9.80 Å². The molecule has 0 amide bonds. The van der Waals surface area contributed by atoms with Crippen molar-refractivity contribution in [1.29, 1.82) is 0 Å². The third-order valence-corrected chi connectivity index (χ3v) is 4.92. The van der Waals surface area contributed by atoms with Gasteiger partial charge in [-0.2, -0.15) is 0 Å². The Bertz CT molecular complexity index is 644. The number of carbonyl (C=O) groups excluding carboxylic acids is 1. The number of rotatable bonds is 3. The fourth-order valence-electron chi connectivity index (χ4n) is 2.55. The van der Waals surface area contributed by atoms with Crippen LogP contribution in [0.5, 0.6) is 0 Å². The first-order chi connectivity index (χ1) is 10.1. The Hall–Kier alpha value is -1.88. The number of ketones is 1. The van der Waals surface area contributed by atoms with Gasteiger partial charge in [-0.05, 0) is 24.6 Å². The lowest BCUT2D eigenvalue weighted by atomic mass is 10.2. The minimum Gasteiger partial charge on any atom is -0.368 e. The first kappa shape index (κ1) is 14.1. The van der Waals surface area contributed by atoms with Crippen molar-refractivity contribution in [3.63, 3.8) is 0 Å². The van der Waals surface area contributed by atoms with E-state index in [1.165, 1.54) is 22.6 Å². The number of thiazole rings is 1. The standard InChI is InChI=1S/C16H19N3OS/c1-12-4-3-5-14(10-12)18-6-8-19(9-7-18)16-17-11-15(21-16)13(2)20/h3-5,10-11H,6-9H2,1-2H3. The maximum absolute atomic E-state index is 11.4. The molecule has 3 rings (SSSR count). The van der Waals surface area contributed by atoms with Gasteiger partial charge >= 0.3 is 0 Å². The highest BCUT2D eigenvalue weighted by atomic mass is 32.1. The van der Waals surface area contributed by atoms with Gasteiger partial charge < -0.3 is 9.80 Å². The van der Waals surface area contributed by atoms with Crippen molar-refractivity contribution < 1.29 is 4.79 Å². The maximum Gasteiger partial charge on any atom is 0.186 e. The van der Waals surface area contributed by atoms with E-state index in [-0.39, 0.29) is 5.78 Å². The molecule has 0 spiro atoms. The highest BCUT2D eigenvalue weighted by Crippen LogP contribution is 2.25. The van der Waals surface area contributed by atoms with Gasteiger partial charge in [0, 0.05) is 38.8 Å². The lowest BCUT2D eigenvalue weighted by Crippen LogP contribution is -2.46. The molecule has 1 aromatic carbocycles. The summed E-state index contributed by atoms with van der Waals surface area (Å²) in [5, 5.41) is 0.962. The Kier molecular flexibility index (Phi) is 3.92. The first-order valence-corrected chi connectivity index (χ1v) is 7.98. The first-order valence-electron chi connectivity index (χ1n) is 7.17. The number of aryl methyl sites for hydroxylation is 1. The van der Waals surface area contributed by atoms with Crippen LogP contribution in [-0.4, -0.2) is 36.9 Å². The summed E-state index contributed by atoms with van der Waals surface area (Å²) in [5.74, 6) is 0.0946. The van der Waals surface area contributed by atoms with E-state index in [0.717, 1.165) is 36.2 Å². The predicted molar refractivity (Wildman–Crippen MR) is 87.7 cm³/mol. The van der Waals surface area contributed by atoms with Crippen LogP contribution in [0, 0.1) is 6.92 Å². The maximum atomic E-state index is 11.4. The van der Waals surface area contributed by atoms with E-state index in [9.17, 15) is 4.79 Å². The van der Waals surface area contributed by atoms with Crippen molar-refractivity contribution in [2.24, 2.45) is 0 Å². The SMILES string of the molecule is CC(=O)c1cnc(N2CCN(c3cccc(C)c3)CC2)s1.